The molecule has 0 aromatic rings. The summed E-state index contributed by atoms with van der Waals surface area (Å²) in [6, 6.07) is 0. The molecule has 0 aliphatic heterocycles. The molecule has 0 bridgehead atoms. The number of carboxylic acid groups (broad SMARTS) is 1. The first-order valence-electron chi connectivity index (χ1n) is 7.53. The Kier molecular flexibility index (Phi) is 5.22. The minimum atomic E-state index is -0.747. The first-order chi connectivity index (χ1) is 9.04. The van der Waals surface area contributed by atoms with Crippen LogP contribution in [0.1, 0.15) is 60.3 Å². The molecule has 2 N–H and O–H groups in total. The van der Waals surface area contributed by atoms with Gasteiger partial charge in [-0.1, -0.05) is 34.6 Å². The van der Waals surface area contributed by atoms with Gasteiger partial charge in [0.05, 0.1) is 0 Å². The van der Waals surface area contributed by atoms with E-state index < -0.39 is 5.97 Å². The highest BCUT2D eigenvalue weighted by atomic mass is 16.4. The van der Waals surface area contributed by atoms with Crippen LogP contribution in [0.3, 0.4) is 0 Å². The molecule has 1 rings (SSSR count). The molecule has 4 heteroatoms. The lowest BCUT2D eigenvalue weighted by Crippen LogP contribution is -2.31. The fraction of sp³-hybridized carbons (Fsp3) is 0.875. The molecule has 1 saturated carbocycles. The van der Waals surface area contributed by atoms with E-state index in [2.05, 4.69) is 39.9 Å². The van der Waals surface area contributed by atoms with Crippen molar-refractivity contribution in [2.24, 2.45) is 22.7 Å². The smallest absolute Gasteiger partial charge is 0.303 e. The van der Waals surface area contributed by atoms with Crippen molar-refractivity contribution < 1.29 is 14.7 Å². The van der Waals surface area contributed by atoms with Crippen molar-refractivity contribution in [3.05, 3.63) is 0 Å². The lowest BCUT2D eigenvalue weighted by molar-refractivity contribution is -0.137. The van der Waals surface area contributed by atoms with E-state index in [0.29, 0.717) is 18.9 Å². The summed E-state index contributed by atoms with van der Waals surface area (Å²) in [6.45, 7) is 11.3. The molecule has 4 nitrogen and oxygen atoms in total. The SMILES string of the molecule is CC(C)(C)C(CCNC(=O)C1CC1(C)C)CCC(=O)O. The van der Waals surface area contributed by atoms with Gasteiger partial charge in [-0.2, -0.15) is 0 Å². The lowest BCUT2D eigenvalue weighted by Gasteiger charge is -2.30. The van der Waals surface area contributed by atoms with Crippen LogP contribution in [0.25, 0.3) is 0 Å². The van der Waals surface area contributed by atoms with Crippen LogP contribution in [-0.4, -0.2) is 23.5 Å². The Morgan fingerprint density at radius 2 is 1.85 bits per heavy atom. The second-order valence-electron chi connectivity index (χ2n) is 7.82. The molecule has 2 atom stereocenters. The molecule has 2 unspecified atom stereocenters. The monoisotopic (exact) mass is 283 g/mol. The van der Waals surface area contributed by atoms with Gasteiger partial charge in [-0.3, -0.25) is 9.59 Å². The van der Waals surface area contributed by atoms with Gasteiger partial charge in [-0.15, -0.1) is 0 Å². The summed E-state index contributed by atoms with van der Waals surface area (Å²) in [7, 11) is 0. The van der Waals surface area contributed by atoms with Gasteiger partial charge in [0.25, 0.3) is 0 Å². The van der Waals surface area contributed by atoms with Crippen molar-refractivity contribution >= 4 is 11.9 Å². The zero-order chi connectivity index (χ0) is 15.6. The van der Waals surface area contributed by atoms with E-state index in [1.54, 1.807) is 0 Å². The van der Waals surface area contributed by atoms with Gasteiger partial charge in [0, 0.05) is 18.9 Å². The van der Waals surface area contributed by atoms with Crippen molar-refractivity contribution in [3.63, 3.8) is 0 Å². The van der Waals surface area contributed by atoms with Gasteiger partial charge in [0.15, 0.2) is 0 Å². The number of carboxylic acids is 1. The predicted molar refractivity (Wildman–Crippen MR) is 79.3 cm³/mol. The zero-order valence-corrected chi connectivity index (χ0v) is 13.5. The number of rotatable bonds is 7. The highest BCUT2D eigenvalue weighted by Gasteiger charge is 2.50. The van der Waals surface area contributed by atoms with Gasteiger partial charge < -0.3 is 10.4 Å². The summed E-state index contributed by atoms with van der Waals surface area (Å²) >= 11 is 0. The second kappa shape index (κ2) is 6.15. The van der Waals surface area contributed by atoms with Crippen LogP contribution >= 0.6 is 0 Å². The first-order valence-corrected chi connectivity index (χ1v) is 7.53. The molecular weight excluding hydrogens is 254 g/mol. The Labute approximate surface area is 122 Å². The molecule has 0 saturated heterocycles. The summed E-state index contributed by atoms with van der Waals surface area (Å²) in [5.41, 5.74) is 0.232. The third kappa shape index (κ3) is 5.14. The predicted octanol–water partition coefficient (Wildman–Crippen LogP) is 3.07. The molecule has 1 fully saturated rings. The Balaban J connectivity index is 2.35. The van der Waals surface area contributed by atoms with E-state index >= 15 is 0 Å². The molecule has 0 aromatic carbocycles. The maximum absolute atomic E-state index is 11.9. The molecule has 1 aliphatic carbocycles. The summed E-state index contributed by atoms with van der Waals surface area (Å²) in [4.78, 5) is 22.6. The van der Waals surface area contributed by atoms with Gasteiger partial charge >= 0.3 is 5.97 Å². The maximum atomic E-state index is 11.9. The third-order valence-corrected chi connectivity index (χ3v) is 4.55. The van der Waals surface area contributed by atoms with E-state index in [1.165, 1.54) is 0 Å². The average Bonchev–Trinajstić information content (AvgIpc) is 2.90. The number of hydrogen-bond donors (Lipinski definition) is 2. The molecule has 20 heavy (non-hydrogen) atoms. The van der Waals surface area contributed by atoms with E-state index in [-0.39, 0.29) is 29.1 Å². The number of amides is 1. The molecule has 0 heterocycles. The number of nitrogens with one attached hydrogen (secondary N) is 1. The van der Waals surface area contributed by atoms with Gasteiger partial charge in [0.1, 0.15) is 0 Å². The maximum Gasteiger partial charge on any atom is 0.303 e. The summed E-state index contributed by atoms with van der Waals surface area (Å²) in [6.07, 6.45) is 2.69. The van der Waals surface area contributed by atoms with E-state index in [0.717, 1.165) is 12.8 Å². The fourth-order valence-corrected chi connectivity index (χ4v) is 2.72. The molecule has 116 valence electrons. The van der Waals surface area contributed by atoms with Crippen LogP contribution in [-0.2, 0) is 9.59 Å². The largest absolute Gasteiger partial charge is 0.481 e. The molecule has 0 aromatic heterocycles. The molecule has 1 amide bonds. The van der Waals surface area contributed by atoms with Gasteiger partial charge in [-0.25, -0.2) is 0 Å². The van der Waals surface area contributed by atoms with Crippen LogP contribution in [0, 0.1) is 22.7 Å². The average molecular weight is 283 g/mol. The summed E-state index contributed by atoms with van der Waals surface area (Å²) < 4.78 is 0. The van der Waals surface area contributed by atoms with Crippen LogP contribution < -0.4 is 5.32 Å². The van der Waals surface area contributed by atoms with Crippen LogP contribution in [0.2, 0.25) is 0 Å². The Bertz CT molecular complexity index is 368. The minimum Gasteiger partial charge on any atom is -0.481 e. The van der Waals surface area contributed by atoms with E-state index in [1.807, 2.05) is 0 Å². The molecule has 0 radical (unpaired) electrons. The van der Waals surface area contributed by atoms with Crippen molar-refractivity contribution in [1.82, 2.24) is 5.32 Å². The Hall–Kier alpha value is -1.06. The van der Waals surface area contributed by atoms with Crippen molar-refractivity contribution in [1.29, 1.82) is 0 Å². The first kappa shape index (κ1) is 17.0. The summed E-state index contributed by atoms with van der Waals surface area (Å²) in [5.74, 6) is -0.121. The molecule has 1 aliphatic rings. The number of carbonyl (C=O) groups is 2. The number of carbonyl (C=O) groups excluding carboxylic acids is 1. The Morgan fingerprint density at radius 3 is 2.25 bits per heavy atom. The van der Waals surface area contributed by atoms with Gasteiger partial charge in [-0.05, 0) is 36.0 Å². The molecular formula is C16H29NO3. The lowest BCUT2D eigenvalue weighted by atomic mass is 9.76. The standard InChI is InChI=1S/C16H29NO3/c1-15(2,3)11(6-7-13(18)19)8-9-17-14(20)12-10-16(12,4)5/h11-12H,6-10H2,1-5H3,(H,17,20)(H,18,19). The van der Waals surface area contributed by atoms with Crippen molar-refractivity contribution in [3.8, 4) is 0 Å². The minimum absolute atomic E-state index is 0.0685. The van der Waals surface area contributed by atoms with Crippen LogP contribution in [0.15, 0.2) is 0 Å². The van der Waals surface area contributed by atoms with Crippen molar-refractivity contribution in [2.75, 3.05) is 6.54 Å². The van der Waals surface area contributed by atoms with E-state index in [9.17, 15) is 9.59 Å². The number of aliphatic carboxylic acids is 1. The normalized spacial score (nSPS) is 22.1. The van der Waals surface area contributed by atoms with E-state index in [4.69, 9.17) is 5.11 Å². The third-order valence-electron chi connectivity index (χ3n) is 4.55. The Morgan fingerprint density at radius 1 is 1.30 bits per heavy atom. The topological polar surface area (TPSA) is 66.4 Å². The number of hydrogen-bond acceptors (Lipinski definition) is 2. The van der Waals surface area contributed by atoms with Crippen LogP contribution in [0.5, 0.6) is 0 Å². The highest BCUT2D eigenvalue weighted by Crippen LogP contribution is 2.51. The summed E-state index contributed by atoms with van der Waals surface area (Å²) in [5, 5.41) is 11.8. The van der Waals surface area contributed by atoms with Crippen LogP contribution in [0.4, 0.5) is 0 Å². The second-order valence-corrected chi connectivity index (χ2v) is 7.82. The van der Waals surface area contributed by atoms with Crippen molar-refractivity contribution in [2.45, 2.75) is 60.3 Å². The fourth-order valence-electron chi connectivity index (χ4n) is 2.72. The highest BCUT2D eigenvalue weighted by molar-refractivity contribution is 5.82. The van der Waals surface area contributed by atoms with Gasteiger partial charge in [0.2, 0.25) is 5.91 Å². The zero-order valence-electron chi connectivity index (χ0n) is 13.5. The molecule has 0 spiro atoms. The quantitative estimate of drug-likeness (QED) is 0.754.